The molecule has 0 aromatic heterocycles. The lowest BCUT2D eigenvalue weighted by Gasteiger charge is -2.28. The highest BCUT2D eigenvalue weighted by atomic mass is 35.5. The number of halogens is 1. The van der Waals surface area contributed by atoms with E-state index in [1.54, 1.807) is 6.08 Å². The van der Waals surface area contributed by atoms with E-state index in [4.69, 9.17) is 16.7 Å². The van der Waals surface area contributed by atoms with Crippen LogP contribution in [-0.4, -0.2) is 5.11 Å². The fourth-order valence-electron chi connectivity index (χ4n) is 1.37. The van der Waals surface area contributed by atoms with E-state index in [0.29, 0.717) is 5.92 Å². The van der Waals surface area contributed by atoms with Gasteiger partial charge in [-0.1, -0.05) is 34.1 Å². The van der Waals surface area contributed by atoms with Crippen molar-refractivity contribution >= 4 is 11.6 Å². The molecule has 0 aliphatic carbocycles. The van der Waals surface area contributed by atoms with Gasteiger partial charge < -0.3 is 5.11 Å². The first-order chi connectivity index (χ1) is 5.38. The molecule has 0 heterocycles. The van der Waals surface area contributed by atoms with Gasteiger partial charge in [-0.05, 0) is 35.4 Å². The number of rotatable bonds is 3. The third kappa shape index (κ3) is 4.66. The molecule has 0 aromatic carbocycles. The van der Waals surface area contributed by atoms with Crippen LogP contribution in [0.5, 0.6) is 0 Å². The Hall–Kier alpha value is -0.170. The molecule has 1 nitrogen and oxygen atoms in total. The topological polar surface area (TPSA) is 20.2 Å². The van der Waals surface area contributed by atoms with Crippen LogP contribution >= 0.6 is 11.6 Å². The Labute approximate surface area is 80.4 Å². The van der Waals surface area contributed by atoms with Crippen molar-refractivity contribution in [1.82, 2.24) is 0 Å². The van der Waals surface area contributed by atoms with Crippen LogP contribution in [0.15, 0.2) is 11.3 Å². The van der Waals surface area contributed by atoms with Crippen molar-refractivity contribution in [3.05, 3.63) is 11.3 Å². The zero-order chi connectivity index (χ0) is 9.78. The number of hydrogen-bond acceptors (Lipinski definition) is 1. The first-order valence-electron chi connectivity index (χ1n) is 4.42. The second-order valence-corrected chi connectivity index (χ2v) is 4.62. The van der Waals surface area contributed by atoms with Crippen molar-refractivity contribution in [2.45, 2.75) is 40.5 Å². The molecule has 0 saturated heterocycles. The maximum absolute atomic E-state index is 8.79. The number of allylic oxidation sites excluding steroid dienone is 1. The third-order valence-corrected chi connectivity index (χ3v) is 2.44. The smallest absolute Gasteiger partial charge is 0.180 e. The van der Waals surface area contributed by atoms with E-state index in [9.17, 15) is 0 Å². The lowest BCUT2D eigenvalue weighted by molar-refractivity contribution is 0.233. The predicted octanol–water partition coefficient (Wildman–Crippen LogP) is 4.09. The van der Waals surface area contributed by atoms with E-state index in [-0.39, 0.29) is 10.6 Å². The summed E-state index contributed by atoms with van der Waals surface area (Å²) in [6.07, 6.45) is 3.65. The summed E-state index contributed by atoms with van der Waals surface area (Å²) in [6.45, 7) is 8.79. The fourth-order valence-corrected chi connectivity index (χ4v) is 1.46. The molecular weight excluding hydrogens is 172 g/mol. The van der Waals surface area contributed by atoms with Crippen molar-refractivity contribution in [2.24, 2.45) is 11.3 Å². The van der Waals surface area contributed by atoms with Gasteiger partial charge in [-0.2, -0.15) is 0 Å². The summed E-state index contributed by atoms with van der Waals surface area (Å²) in [6, 6.07) is 0. The van der Waals surface area contributed by atoms with Gasteiger partial charge in [0.2, 0.25) is 0 Å². The Bertz CT molecular complexity index is 152. The van der Waals surface area contributed by atoms with Crippen molar-refractivity contribution in [2.75, 3.05) is 0 Å². The van der Waals surface area contributed by atoms with Crippen LogP contribution in [-0.2, 0) is 0 Å². The van der Waals surface area contributed by atoms with Gasteiger partial charge in [0, 0.05) is 0 Å². The van der Waals surface area contributed by atoms with Gasteiger partial charge in [-0.15, -0.1) is 0 Å². The first-order valence-corrected chi connectivity index (χ1v) is 4.80. The zero-order valence-corrected chi connectivity index (χ0v) is 9.15. The maximum Gasteiger partial charge on any atom is 0.180 e. The van der Waals surface area contributed by atoms with Gasteiger partial charge in [-0.25, -0.2) is 0 Å². The van der Waals surface area contributed by atoms with Crippen LogP contribution in [0, 0.1) is 11.3 Å². The molecule has 1 N–H and O–H groups in total. The molecule has 1 atom stereocenters. The highest BCUT2D eigenvalue weighted by Crippen LogP contribution is 2.31. The molecule has 0 aromatic rings. The molecule has 0 saturated carbocycles. The average Bonchev–Trinajstić information content (AvgIpc) is 1.85. The molecule has 0 spiro atoms. The van der Waals surface area contributed by atoms with Crippen molar-refractivity contribution in [3.63, 3.8) is 0 Å². The molecule has 0 radical (unpaired) electrons. The summed E-state index contributed by atoms with van der Waals surface area (Å²) in [4.78, 5) is 0. The molecule has 2 heteroatoms. The molecule has 0 bridgehead atoms. The molecule has 0 aliphatic rings. The molecule has 1 unspecified atom stereocenters. The minimum atomic E-state index is -0.0855. The van der Waals surface area contributed by atoms with E-state index in [2.05, 4.69) is 27.7 Å². The van der Waals surface area contributed by atoms with Gasteiger partial charge >= 0.3 is 0 Å². The van der Waals surface area contributed by atoms with E-state index in [1.165, 1.54) is 0 Å². The largest absolute Gasteiger partial charge is 0.499 e. The van der Waals surface area contributed by atoms with Crippen LogP contribution in [0.4, 0.5) is 0 Å². The van der Waals surface area contributed by atoms with Crippen LogP contribution in [0.1, 0.15) is 40.5 Å². The second-order valence-electron chi connectivity index (χ2n) is 4.23. The number of aliphatic hydroxyl groups excluding tert-OH is 1. The van der Waals surface area contributed by atoms with Gasteiger partial charge in [0.1, 0.15) is 0 Å². The van der Waals surface area contributed by atoms with Gasteiger partial charge in [-0.3, -0.25) is 0 Å². The highest BCUT2D eigenvalue weighted by molar-refractivity contribution is 6.27. The van der Waals surface area contributed by atoms with Crippen LogP contribution in [0.2, 0.25) is 0 Å². The second kappa shape index (κ2) is 4.76. The van der Waals surface area contributed by atoms with Crippen LogP contribution in [0.25, 0.3) is 0 Å². The lowest BCUT2D eigenvalue weighted by Crippen LogP contribution is -2.18. The summed E-state index contributed by atoms with van der Waals surface area (Å²) in [7, 11) is 0. The fraction of sp³-hybridized carbons (Fsp3) is 0.800. The third-order valence-electron chi connectivity index (χ3n) is 2.29. The van der Waals surface area contributed by atoms with Crippen molar-refractivity contribution in [1.29, 1.82) is 0 Å². The summed E-state index contributed by atoms with van der Waals surface area (Å²) < 4.78 is 0. The summed E-state index contributed by atoms with van der Waals surface area (Å²) >= 11 is 5.35. The van der Waals surface area contributed by atoms with Crippen LogP contribution in [0.3, 0.4) is 0 Å². The Kier molecular flexibility index (Phi) is 4.69. The average molecular weight is 191 g/mol. The summed E-state index contributed by atoms with van der Waals surface area (Å²) in [5.41, 5.74) is 0.289. The highest BCUT2D eigenvalue weighted by Gasteiger charge is 2.21. The summed E-state index contributed by atoms with van der Waals surface area (Å²) in [5, 5.41) is 8.70. The summed E-state index contributed by atoms with van der Waals surface area (Å²) in [5.74, 6) is 0.582. The Morgan fingerprint density at radius 3 is 2.25 bits per heavy atom. The molecule has 0 rings (SSSR count). The van der Waals surface area contributed by atoms with Gasteiger partial charge in [0.25, 0.3) is 0 Å². The van der Waals surface area contributed by atoms with Gasteiger partial charge in [0.15, 0.2) is 5.22 Å². The Morgan fingerprint density at radius 2 is 2.00 bits per heavy atom. The molecule has 0 aliphatic heterocycles. The molecule has 0 fully saturated rings. The number of aliphatic hydroxyl groups is 1. The zero-order valence-electron chi connectivity index (χ0n) is 8.39. The Morgan fingerprint density at radius 1 is 1.50 bits per heavy atom. The minimum Gasteiger partial charge on any atom is -0.499 e. The van der Waals surface area contributed by atoms with Crippen LogP contribution < -0.4 is 0 Å². The van der Waals surface area contributed by atoms with Crippen molar-refractivity contribution in [3.8, 4) is 0 Å². The monoisotopic (exact) mass is 190 g/mol. The maximum atomic E-state index is 8.79. The molecular formula is C10H19ClO. The normalized spacial score (nSPS) is 16.2. The standard InChI is InChI=1S/C10H19ClO/c1-5-8(10(2,3)4)6-7-9(11)12/h7-8,12H,5-6H2,1-4H3/b9-7-. The van der Waals surface area contributed by atoms with E-state index >= 15 is 0 Å². The molecule has 12 heavy (non-hydrogen) atoms. The Balaban J connectivity index is 4.10. The first kappa shape index (κ1) is 11.8. The number of hydrogen-bond donors (Lipinski definition) is 1. The lowest BCUT2D eigenvalue weighted by atomic mass is 9.77. The van der Waals surface area contributed by atoms with Gasteiger partial charge in [0.05, 0.1) is 0 Å². The molecule has 0 amide bonds. The van der Waals surface area contributed by atoms with E-state index < -0.39 is 0 Å². The van der Waals surface area contributed by atoms with E-state index in [1.807, 2.05) is 0 Å². The quantitative estimate of drug-likeness (QED) is 0.665. The van der Waals surface area contributed by atoms with Crippen molar-refractivity contribution < 1.29 is 5.11 Å². The molecule has 72 valence electrons. The predicted molar refractivity (Wildman–Crippen MR) is 54.4 cm³/mol. The van der Waals surface area contributed by atoms with E-state index in [0.717, 1.165) is 12.8 Å². The minimum absolute atomic E-state index is 0.0855. The SMILES string of the molecule is CCC(C/C=C(\O)Cl)C(C)(C)C.